The van der Waals surface area contributed by atoms with E-state index in [1.807, 2.05) is 25.1 Å². The Bertz CT molecular complexity index is 999. The fraction of sp³-hybridized carbons (Fsp3) is 0.176. The van der Waals surface area contributed by atoms with Gasteiger partial charge >= 0.3 is 0 Å². The van der Waals surface area contributed by atoms with E-state index in [9.17, 15) is 9.90 Å². The van der Waals surface area contributed by atoms with E-state index in [2.05, 4.69) is 10.5 Å². The van der Waals surface area contributed by atoms with Crippen molar-refractivity contribution in [3.63, 3.8) is 0 Å². The summed E-state index contributed by atoms with van der Waals surface area (Å²) >= 11 is 12.3. The molecule has 5 nitrogen and oxygen atoms in total. The van der Waals surface area contributed by atoms with Crippen LogP contribution in [0.5, 0.6) is 0 Å². The molecule has 1 atom stereocenters. The van der Waals surface area contributed by atoms with E-state index in [0.717, 1.165) is 10.9 Å². The Hall–Kier alpha value is -2.08. The number of benzene rings is 2. The number of nitrogens with zero attached hydrogens (tertiary/aromatic N) is 1. The van der Waals surface area contributed by atoms with Crippen LogP contribution in [0.1, 0.15) is 16.8 Å². The number of hydrogen-bond acceptors (Lipinski definition) is 4. The number of halogens is 2. The van der Waals surface area contributed by atoms with Gasteiger partial charge in [0.1, 0.15) is 0 Å². The number of rotatable bonds is 2. The molecule has 4 rings (SSSR count). The quantitative estimate of drug-likeness (QED) is 0.726. The molecule has 0 bridgehead atoms. The molecule has 2 N–H and O–H groups in total. The zero-order chi connectivity index (χ0) is 17.1. The van der Waals surface area contributed by atoms with Gasteiger partial charge in [-0.2, -0.15) is 0 Å². The van der Waals surface area contributed by atoms with Crippen molar-refractivity contribution in [3.8, 4) is 0 Å². The zero-order valence-corrected chi connectivity index (χ0v) is 14.1. The normalized spacial score (nSPS) is 19.6. The maximum absolute atomic E-state index is 12.4. The highest BCUT2D eigenvalue weighted by Gasteiger charge is 2.48. The molecule has 1 amide bonds. The molecular formula is C17H12Cl2N2O3. The number of amides is 1. The molecule has 0 fully saturated rings. The van der Waals surface area contributed by atoms with Gasteiger partial charge in [-0.25, -0.2) is 0 Å². The number of anilines is 1. The van der Waals surface area contributed by atoms with Crippen molar-refractivity contribution in [1.29, 1.82) is 0 Å². The molecule has 2 aromatic carbocycles. The van der Waals surface area contributed by atoms with Crippen LogP contribution in [0, 0.1) is 6.92 Å². The summed E-state index contributed by atoms with van der Waals surface area (Å²) < 4.78 is 5.31. The molecule has 0 saturated heterocycles. The lowest BCUT2D eigenvalue weighted by molar-refractivity contribution is -0.133. The van der Waals surface area contributed by atoms with Gasteiger partial charge in [-0.15, -0.1) is 0 Å². The van der Waals surface area contributed by atoms with Crippen molar-refractivity contribution in [3.05, 3.63) is 57.2 Å². The number of carbonyl (C=O) groups excluding carboxylic acids is 1. The van der Waals surface area contributed by atoms with Crippen molar-refractivity contribution in [1.82, 2.24) is 5.16 Å². The van der Waals surface area contributed by atoms with Crippen LogP contribution in [0.25, 0.3) is 11.0 Å². The third-order valence-electron chi connectivity index (χ3n) is 4.26. The Morgan fingerprint density at radius 2 is 2.00 bits per heavy atom. The number of hydrogen-bond donors (Lipinski definition) is 2. The van der Waals surface area contributed by atoms with Crippen molar-refractivity contribution in [2.75, 3.05) is 5.32 Å². The average molecular weight is 363 g/mol. The van der Waals surface area contributed by atoms with E-state index in [1.54, 1.807) is 12.1 Å². The number of aryl methyl sites for hydroxylation is 1. The largest absolute Gasteiger partial charge is 0.375 e. The molecule has 24 heavy (non-hydrogen) atoms. The van der Waals surface area contributed by atoms with Gasteiger partial charge in [-0.1, -0.05) is 34.4 Å². The van der Waals surface area contributed by atoms with Crippen LogP contribution >= 0.6 is 23.2 Å². The van der Waals surface area contributed by atoms with Crippen molar-refractivity contribution < 1.29 is 14.4 Å². The van der Waals surface area contributed by atoms with E-state index in [0.29, 0.717) is 22.0 Å². The van der Waals surface area contributed by atoms with E-state index < -0.39 is 11.5 Å². The number of nitrogens with one attached hydrogen (secondary N) is 1. The summed E-state index contributed by atoms with van der Waals surface area (Å²) in [5.74, 6) is -0.587. The Morgan fingerprint density at radius 1 is 1.25 bits per heavy atom. The van der Waals surface area contributed by atoms with Crippen LogP contribution < -0.4 is 5.32 Å². The first kappa shape index (κ1) is 15.4. The van der Waals surface area contributed by atoms with Gasteiger partial charge < -0.3 is 14.9 Å². The number of aromatic nitrogens is 1. The van der Waals surface area contributed by atoms with E-state index in [-0.39, 0.29) is 17.0 Å². The molecule has 1 aliphatic heterocycles. The van der Waals surface area contributed by atoms with Gasteiger partial charge in [-0.3, -0.25) is 4.79 Å². The Kier molecular flexibility index (Phi) is 3.35. The predicted molar refractivity (Wildman–Crippen MR) is 91.4 cm³/mol. The highest BCUT2D eigenvalue weighted by Crippen LogP contribution is 2.46. The minimum atomic E-state index is -1.86. The number of carbonyl (C=O) groups is 1. The second-order valence-electron chi connectivity index (χ2n) is 5.90. The van der Waals surface area contributed by atoms with Crippen molar-refractivity contribution in [2.45, 2.75) is 18.9 Å². The molecule has 0 saturated carbocycles. The van der Waals surface area contributed by atoms with E-state index in [4.69, 9.17) is 27.7 Å². The summed E-state index contributed by atoms with van der Waals surface area (Å²) in [4.78, 5) is 12.4. The monoisotopic (exact) mass is 362 g/mol. The third-order valence-corrected chi connectivity index (χ3v) is 4.89. The van der Waals surface area contributed by atoms with Gasteiger partial charge in [0.05, 0.1) is 16.4 Å². The lowest BCUT2D eigenvalue weighted by atomic mass is 9.89. The summed E-state index contributed by atoms with van der Waals surface area (Å²) in [6, 6.07) is 8.75. The predicted octanol–water partition coefficient (Wildman–Crippen LogP) is 3.83. The van der Waals surface area contributed by atoms with Crippen LogP contribution in [-0.2, 0) is 16.8 Å². The Labute approximate surface area is 147 Å². The molecule has 122 valence electrons. The first-order valence-corrected chi connectivity index (χ1v) is 8.03. The van der Waals surface area contributed by atoms with Crippen LogP contribution in [0.3, 0.4) is 0 Å². The van der Waals surface area contributed by atoms with Crippen LogP contribution in [-0.4, -0.2) is 16.2 Å². The fourth-order valence-electron chi connectivity index (χ4n) is 3.04. The van der Waals surface area contributed by atoms with Gasteiger partial charge in [0.25, 0.3) is 5.91 Å². The summed E-state index contributed by atoms with van der Waals surface area (Å²) in [5.41, 5.74) is 0.857. The molecule has 1 aliphatic rings. The smallest absolute Gasteiger partial charge is 0.261 e. The van der Waals surface area contributed by atoms with Gasteiger partial charge in [0, 0.05) is 22.4 Å². The topological polar surface area (TPSA) is 75.4 Å². The van der Waals surface area contributed by atoms with Crippen LogP contribution in [0.2, 0.25) is 10.0 Å². The van der Waals surface area contributed by atoms with Crippen LogP contribution in [0.4, 0.5) is 5.69 Å². The lowest BCUT2D eigenvalue weighted by Gasteiger charge is -2.20. The third kappa shape index (κ3) is 2.13. The molecule has 0 radical (unpaired) electrons. The highest BCUT2D eigenvalue weighted by atomic mass is 35.5. The Balaban J connectivity index is 1.85. The van der Waals surface area contributed by atoms with Gasteiger partial charge in [0.15, 0.2) is 11.2 Å². The molecule has 7 heteroatoms. The maximum Gasteiger partial charge on any atom is 0.261 e. The lowest BCUT2D eigenvalue weighted by Crippen LogP contribution is -2.36. The first-order valence-electron chi connectivity index (χ1n) is 7.27. The second kappa shape index (κ2) is 5.21. The summed E-state index contributed by atoms with van der Waals surface area (Å²) in [6.07, 6.45) is -0.0675. The maximum atomic E-state index is 12.4. The number of aliphatic hydroxyl groups is 1. The first-order chi connectivity index (χ1) is 11.4. The van der Waals surface area contributed by atoms with E-state index in [1.165, 1.54) is 0 Å². The molecule has 1 unspecified atom stereocenters. The molecule has 2 heterocycles. The SMILES string of the molecule is Cc1ccc2c(CC3(O)C(=O)Nc4c(Cl)ccc(Cl)c43)noc2c1. The van der Waals surface area contributed by atoms with Crippen molar-refractivity contribution in [2.24, 2.45) is 0 Å². The molecule has 0 spiro atoms. The summed E-state index contributed by atoms with van der Waals surface area (Å²) in [7, 11) is 0. The number of fused-ring (bicyclic) bond motifs is 2. The summed E-state index contributed by atoms with van der Waals surface area (Å²) in [6.45, 7) is 1.94. The standard InChI is InChI=1S/C17H12Cl2N2O3/c1-8-2-3-9-12(21-24-13(9)6-8)7-17(23)14-10(18)4-5-11(19)15(14)20-16(17)22/h2-6,23H,7H2,1H3,(H,20,22). The van der Waals surface area contributed by atoms with Crippen molar-refractivity contribution >= 4 is 45.8 Å². The van der Waals surface area contributed by atoms with Gasteiger partial charge in [0.2, 0.25) is 0 Å². The molecular weight excluding hydrogens is 351 g/mol. The van der Waals surface area contributed by atoms with Gasteiger partial charge in [-0.05, 0) is 36.8 Å². The minimum absolute atomic E-state index is 0.0675. The Morgan fingerprint density at radius 3 is 2.79 bits per heavy atom. The summed E-state index contributed by atoms with van der Waals surface area (Å²) in [5, 5.41) is 19.0. The van der Waals surface area contributed by atoms with Crippen LogP contribution in [0.15, 0.2) is 34.9 Å². The molecule has 3 aromatic rings. The minimum Gasteiger partial charge on any atom is -0.375 e. The second-order valence-corrected chi connectivity index (χ2v) is 6.71. The molecule has 1 aromatic heterocycles. The zero-order valence-electron chi connectivity index (χ0n) is 12.6. The molecule has 0 aliphatic carbocycles. The highest BCUT2D eigenvalue weighted by molar-refractivity contribution is 6.38. The van der Waals surface area contributed by atoms with E-state index >= 15 is 0 Å². The average Bonchev–Trinajstić information content (AvgIpc) is 3.04. The fourth-order valence-corrected chi connectivity index (χ4v) is 3.56.